The lowest BCUT2D eigenvalue weighted by Gasteiger charge is -2.38. The van der Waals surface area contributed by atoms with Crippen molar-refractivity contribution in [3.05, 3.63) is 22.4 Å². The molecule has 0 radical (unpaired) electrons. The van der Waals surface area contributed by atoms with Gasteiger partial charge in [0.25, 0.3) is 0 Å². The van der Waals surface area contributed by atoms with Gasteiger partial charge in [-0.3, -0.25) is 4.99 Å². The number of ether oxygens (including phenoxy) is 1. The van der Waals surface area contributed by atoms with Crippen molar-refractivity contribution in [3.8, 4) is 0 Å². The molecule has 6 heteroatoms. The van der Waals surface area contributed by atoms with Crippen molar-refractivity contribution in [1.82, 2.24) is 10.6 Å². The first-order chi connectivity index (χ1) is 8.22. The Bertz CT molecular complexity index is 377. The zero-order chi connectivity index (χ0) is 12.1. The first kappa shape index (κ1) is 15.7. The smallest absolute Gasteiger partial charge is 0.191 e. The minimum absolute atomic E-state index is 0. The van der Waals surface area contributed by atoms with Gasteiger partial charge >= 0.3 is 0 Å². The maximum Gasteiger partial charge on any atom is 0.191 e. The van der Waals surface area contributed by atoms with Gasteiger partial charge in [0.05, 0.1) is 13.2 Å². The van der Waals surface area contributed by atoms with Gasteiger partial charge < -0.3 is 15.4 Å². The van der Waals surface area contributed by atoms with Crippen molar-refractivity contribution in [2.24, 2.45) is 10.4 Å². The van der Waals surface area contributed by atoms with Gasteiger partial charge in [-0.2, -0.15) is 11.3 Å². The first-order valence-corrected chi connectivity index (χ1v) is 6.69. The Balaban J connectivity index is 0.00000162. The van der Waals surface area contributed by atoms with E-state index in [-0.39, 0.29) is 29.4 Å². The summed E-state index contributed by atoms with van der Waals surface area (Å²) in [7, 11) is 1.79. The maximum absolute atomic E-state index is 5.22. The van der Waals surface area contributed by atoms with Gasteiger partial charge in [0, 0.05) is 25.6 Å². The first-order valence-electron chi connectivity index (χ1n) is 5.75. The average molecular weight is 381 g/mol. The second-order valence-corrected chi connectivity index (χ2v) is 5.49. The van der Waals surface area contributed by atoms with Crippen LogP contribution in [0.25, 0.3) is 0 Å². The van der Waals surface area contributed by atoms with E-state index < -0.39 is 0 Å². The molecule has 1 aliphatic rings. The summed E-state index contributed by atoms with van der Waals surface area (Å²) in [4.78, 5) is 4.21. The van der Waals surface area contributed by atoms with E-state index in [0.717, 1.165) is 32.3 Å². The number of halogens is 1. The van der Waals surface area contributed by atoms with Gasteiger partial charge in [-0.05, 0) is 22.4 Å². The molecule has 1 aromatic heterocycles. The fraction of sp³-hybridized carbons (Fsp3) is 0.583. The van der Waals surface area contributed by atoms with Gasteiger partial charge in [0.1, 0.15) is 0 Å². The van der Waals surface area contributed by atoms with Crippen LogP contribution in [0.15, 0.2) is 21.8 Å². The van der Waals surface area contributed by atoms with Crippen LogP contribution in [0, 0.1) is 5.41 Å². The van der Waals surface area contributed by atoms with Crippen LogP contribution in [-0.4, -0.2) is 32.8 Å². The zero-order valence-corrected chi connectivity index (χ0v) is 13.9. The van der Waals surface area contributed by atoms with Crippen molar-refractivity contribution >= 4 is 41.3 Å². The molecule has 0 spiro atoms. The maximum atomic E-state index is 5.22. The molecule has 2 heterocycles. The summed E-state index contributed by atoms with van der Waals surface area (Å²) in [6.07, 6.45) is 0. The van der Waals surface area contributed by atoms with Crippen LogP contribution in [0.3, 0.4) is 0 Å². The van der Waals surface area contributed by atoms with E-state index in [2.05, 4.69) is 39.4 Å². The van der Waals surface area contributed by atoms with E-state index in [9.17, 15) is 0 Å². The van der Waals surface area contributed by atoms with Crippen LogP contribution >= 0.6 is 35.3 Å². The zero-order valence-electron chi connectivity index (χ0n) is 10.7. The summed E-state index contributed by atoms with van der Waals surface area (Å²) in [6.45, 7) is 5.60. The highest BCUT2D eigenvalue weighted by atomic mass is 127. The molecular formula is C12H20IN3OS. The van der Waals surface area contributed by atoms with Gasteiger partial charge in [0.15, 0.2) is 5.96 Å². The number of nitrogens with one attached hydrogen (secondary N) is 2. The lowest BCUT2D eigenvalue weighted by atomic mass is 9.89. The Kier molecular flexibility index (Phi) is 6.37. The van der Waals surface area contributed by atoms with E-state index in [1.165, 1.54) is 5.56 Å². The van der Waals surface area contributed by atoms with Gasteiger partial charge in [-0.25, -0.2) is 0 Å². The topological polar surface area (TPSA) is 45.7 Å². The highest BCUT2D eigenvalue weighted by Gasteiger charge is 2.33. The number of thiophene rings is 1. The minimum atomic E-state index is 0. The molecule has 18 heavy (non-hydrogen) atoms. The van der Waals surface area contributed by atoms with Crippen LogP contribution in [0.4, 0.5) is 0 Å². The number of guanidine groups is 1. The average Bonchev–Trinajstić information content (AvgIpc) is 2.80. The molecule has 0 saturated carbocycles. The lowest BCUT2D eigenvalue weighted by molar-refractivity contribution is -0.0971. The Morgan fingerprint density at radius 2 is 2.28 bits per heavy atom. The van der Waals surface area contributed by atoms with Crippen molar-refractivity contribution < 1.29 is 4.74 Å². The fourth-order valence-electron chi connectivity index (χ4n) is 1.65. The van der Waals surface area contributed by atoms with E-state index in [1.807, 2.05) is 0 Å². The molecule has 1 fully saturated rings. The molecule has 0 atom stereocenters. The molecule has 0 bridgehead atoms. The van der Waals surface area contributed by atoms with Crippen LogP contribution in [0.5, 0.6) is 0 Å². The SMILES string of the molecule is CN=C(NCc1ccsc1)NCC1(C)COC1.I. The van der Waals surface area contributed by atoms with Crippen LogP contribution in [0.1, 0.15) is 12.5 Å². The van der Waals surface area contributed by atoms with Crippen molar-refractivity contribution in [2.45, 2.75) is 13.5 Å². The minimum Gasteiger partial charge on any atom is -0.380 e. The molecule has 102 valence electrons. The number of nitrogens with zero attached hydrogens (tertiary/aromatic N) is 1. The largest absolute Gasteiger partial charge is 0.380 e. The molecule has 1 saturated heterocycles. The monoisotopic (exact) mass is 381 g/mol. The van der Waals surface area contributed by atoms with E-state index in [1.54, 1.807) is 18.4 Å². The van der Waals surface area contributed by atoms with Crippen molar-refractivity contribution in [2.75, 3.05) is 26.8 Å². The Morgan fingerprint density at radius 3 is 2.78 bits per heavy atom. The fourth-order valence-corrected chi connectivity index (χ4v) is 2.32. The second-order valence-electron chi connectivity index (χ2n) is 4.71. The summed E-state index contributed by atoms with van der Waals surface area (Å²) >= 11 is 1.71. The van der Waals surface area contributed by atoms with Crippen molar-refractivity contribution in [3.63, 3.8) is 0 Å². The quantitative estimate of drug-likeness (QED) is 0.477. The third-order valence-corrected chi connectivity index (χ3v) is 3.58. The van der Waals surface area contributed by atoms with Gasteiger partial charge in [-0.1, -0.05) is 6.92 Å². The molecule has 0 aliphatic carbocycles. The normalized spacial score (nSPS) is 17.6. The molecule has 0 aromatic carbocycles. The van der Waals surface area contributed by atoms with E-state index in [4.69, 9.17) is 4.74 Å². The molecule has 1 aromatic rings. The predicted octanol–water partition coefficient (Wildman–Crippen LogP) is 2.07. The summed E-state index contributed by atoms with van der Waals surface area (Å²) in [6, 6.07) is 2.12. The second kappa shape index (κ2) is 7.30. The highest BCUT2D eigenvalue weighted by Crippen LogP contribution is 2.24. The third-order valence-electron chi connectivity index (χ3n) is 2.85. The summed E-state index contributed by atoms with van der Waals surface area (Å²) in [5.74, 6) is 0.851. The van der Waals surface area contributed by atoms with Crippen molar-refractivity contribution in [1.29, 1.82) is 0 Å². The molecular weight excluding hydrogens is 361 g/mol. The Hall–Kier alpha value is -0.340. The van der Waals surface area contributed by atoms with E-state index in [0.29, 0.717) is 0 Å². The van der Waals surface area contributed by atoms with Gasteiger partial charge in [0.2, 0.25) is 0 Å². The summed E-state index contributed by atoms with van der Waals surface area (Å²) < 4.78 is 5.22. The predicted molar refractivity (Wildman–Crippen MR) is 86.9 cm³/mol. The lowest BCUT2D eigenvalue weighted by Crippen LogP contribution is -2.50. The molecule has 0 unspecified atom stereocenters. The number of hydrogen-bond donors (Lipinski definition) is 2. The molecule has 2 rings (SSSR count). The summed E-state index contributed by atoms with van der Waals surface area (Å²) in [5, 5.41) is 10.9. The molecule has 0 amide bonds. The standard InChI is InChI=1S/C12H19N3OS.HI/c1-12(8-16-9-12)7-15-11(13-2)14-5-10-3-4-17-6-10;/h3-4,6H,5,7-9H2,1-2H3,(H2,13,14,15);1H. The number of hydrogen-bond acceptors (Lipinski definition) is 3. The van der Waals surface area contributed by atoms with Crippen LogP contribution in [0.2, 0.25) is 0 Å². The highest BCUT2D eigenvalue weighted by molar-refractivity contribution is 14.0. The number of rotatable bonds is 4. The van der Waals surface area contributed by atoms with Crippen LogP contribution in [-0.2, 0) is 11.3 Å². The summed E-state index contributed by atoms with van der Waals surface area (Å²) in [5.41, 5.74) is 1.55. The van der Waals surface area contributed by atoms with Gasteiger partial charge in [-0.15, -0.1) is 24.0 Å². The molecule has 2 N–H and O–H groups in total. The Morgan fingerprint density at radius 1 is 1.50 bits per heavy atom. The van der Waals surface area contributed by atoms with E-state index >= 15 is 0 Å². The van der Waals surface area contributed by atoms with Crippen LogP contribution < -0.4 is 10.6 Å². The third kappa shape index (κ3) is 4.40. The number of aliphatic imine (C=N–C) groups is 1. The molecule has 4 nitrogen and oxygen atoms in total. The Labute approximate surface area is 129 Å². The molecule has 1 aliphatic heterocycles.